The van der Waals surface area contributed by atoms with Gasteiger partial charge in [-0.2, -0.15) is 0 Å². The van der Waals surface area contributed by atoms with Crippen LogP contribution in [0.15, 0.2) is 48.5 Å². The molecule has 2 aromatic rings. The van der Waals surface area contributed by atoms with Crippen molar-refractivity contribution in [2.45, 2.75) is 52.1 Å². The van der Waals surface area contributed by atoms with Crippen molar-refractivity contribution < 1.29 is 14.3 Å². The van der Waals surface area contributed by atoms with Crippen molar-refractivity contribution in [1.29, 1.82) is 0 Å². The largest absolute Gasteiger partial charge is 0.497 e. The molecule has 158 valence electrons. The number of allylic oxidation sites excluding steroid dienone is 1. The predicted octanol–water partition coefficient (Wildman–Crippen LogP) is 4.37. The predicted molar refractivity (Wildman–Crippen MR) is 120 cm³/mol. The van der Waals surface area contributed by atoms with Crippen LogP contribution in [0.4, 0.5) is 0 Å². The summed E-state index contributed by atoms with van der Waals surface area (Å²) < 4.78 is 5.36. The average Bonchev–Trinajstić information content (AvgIpc) is 2.65. The van der Waals surface area contributed by atoms with Crippen LogP contribution in [0.25, 0.3) is 5.70 Å². The van der Waals surface area contributed by atoms with E-state index in [1.165, 1.54) is 5.56 Å². The van der Waals surface area contributed by atoms with Gasteiger partial charge in [0.05, 0.1) is 7.11 Å². The van der Waals surface area contributed by atoms with E-state index in [1.54, 1.807) is 37.5 Å². The second kappa shape index (κ2) is 7.98. The van der Waals surface area contributed by atoms with E-state index >= 15 is 0 Å². The summed E-state index contributed by atoms with van der Waals surface area (Å²) in [4.78, 5) is 25.2. The minimum atomic E-state index is -0.316. The van der Waals surface area contributed by atoms with Gasteiger partial charge in [-0.25, -0.2) is 0 Å². The summed E-state index contributed by atoms with van der Waals surface area (Å²) >= 11 is 0. The quantitative estimate of drug-likeness (QED) is 0.584. The maximum Gasteiger partial charge on any atom is 0.251 e. The van der Waals surface area contributed by atoms with E-state index in [9.17, 15) is 9.59 Å². The Labute approximate surface area is 178 Å². The number of carbonyl (C=O) groups excluding carboxylic acids is 2. The number of methoxy groups -OCH3 is 1. The molecule has 5 heteroatoms. The fourth-order valence-electron chi connectivity index (χ4n) is 3.57. The lowest BCUT2D eigenvalue weighted by molar-refractivity contribution is 0.0918. The van der Waals surface area contributed by atoms with Gasteiger partial charge in [-0.3, -0.25) is 9.59 Å². The minimum Gasteiger partial charge on any atom is -0.497 e. The fourth-order valence-corrected chi connectivity index (χ4v) is 3.57. The lowest BCUT2D eigenvalue weighted by Crippen LogP contribution is -2.43. The van der Waals surface area contributed by atoms with Gasteiger partial charge in [-0.15, -0.1) is 0 Å². The van der Waals surface area contributed by atoms with E-state index < -0.39 is 0 Å². The van der Waals surface area contributed by atoms with Gasteiger partial charge in [0.1, 0.15) is 5.75 Å². The Morgan fingerprint density at radius 3 is 2.30 bits per heavy atom. The SMILES string of the molecule is COc1ccc2c(c1)C(=CC(=O)c1ccc(C(=O)NC(C)(C)C)cc1)NC(C)(C)C2. The van der Waals surface area contributed by atoms with Crippen LogP contribution >= 0.6 is 0 Å². The van der Waals surface area contributed by atoms with Gasteiger partial charge in [0.2, 0.25) is 0 Å². The second-order valence-corrected chi connectivity index (χ2v) is 9.41. The van der Waals surface area contributed by atoms with Gasteiger partial charge in [0, 0.05) is 39.5 Å². The van der Waals surface area contributed by atoms with E-state index in [0.29, 0.717) is 11.1 Å². The van der Waals surface area contributed by atoms with Gasteiger partial charge < -0.3 is 15.4 Å². The molecule has 3 rings (SSSR count). The molecule has 0 spiro atoms. The highest BCUT2D eigenvalue weighted by molar-refractivity contribution is 6.09. The van der Waals surface area contributed by atoms with E-state index in [1.807, 2.05) is 32.9 Å². The number of fused-ring (bicyclic) bond motifs is 1. The van der Waals surface area contributed by atoms with Crippen LogP contribution in [0.1, 0.15) is 66.5 Å². The first-order valence-electron chi connectivity index (χ1n) is 10.1. The lowest BCUT2D eigenvalue weighted by Gasteiger charge is -2.35. The first-order valence-corrected chi connectivity index (χ1v) is 10.1. The molecule has 5 nitrogen and oxygen atoms in total. The molecule has 2 aromatic carbocycles. The van der Waals surface area contributed by atoms with Crippen molar-refractivity contribution >= 4 is 17.4 Å². The fraction of sp³-hybridized carbons (Fsp3) is 0.360. The second-order valence-electron chi connectivity index (χ2n) is 9.41. The molecule has 1 aliphatic rings. The van der Waals surface area contributed by atoms with E-state index in [2.05, 4.69) is 30.5 Å². The van der Waals surface area contributed by atoms with Crippen molar-refractivity contribution in [3.8, 4) is 5.75 Å². The summed E-state index contributed by atoms with van der Waals surface area (Å²) in [7, 11) is 1.63. The Kier molecular flexibility index (Phi) is 5.75. The molecular formula is C25H30N2O3. The van der Waals surface area contributed by atoms with Crippen LogP contribution in [0.3, 0.4) is 0 Å². The monoisotopic (exact) mass is 406 g/mol. The molecule has 0 radical (unpaired) electrons. The van der Waals surface area contributed by atoms with Gasteiger partial charge in [0.25, 0.3) is 5.91 Å². The number of carbonyl (C=O) groups is 2. The zero-order valence-electron chi connectivity index (χ0n) is 18.6. The molecule has 0 fully saturated rings. The number of nitrogens with one attached hydrogen (secondary N) is 2. The van der Waals surface area contributed by atoms with Gasteiger partial charge in [-0.05, 0) is 70.9 Å². The summed E-state index contributed by atoms with van der Waals surface area (Å²) in [5.41, 5.74) is 3.51. The van der Waals surface area contributed by atoms with E-state index in [0.717, 1.165) is 23.4 Å². The summed E-state index contributed by atoms with van der Waals surface area (Å²) in [6, 6.07) is 12.7. The highest BCUT2D eigenvalue weighted by Crippen LogP contribution is 2.32. The van der Waals surface area contributed by atoms with Crippen LogP contribution in [0.5, 0.6) is 5.75 Å². The number of benzene rings is 2. The van der Waals surface area contributed by atoms with E-state index in [-0.39, 0.29) is 22.8 Å². The van der Waals surface area contributed by atoms with Crippen LogP contribution in [0, 0.1) is 0 Å². The summed E-state index contributed by atoms with van der Waals surface area (Å²) in [6.45, 7) is 10.0. The van der Waals surface area contributed by atoms with Crippen molar-refractivity contribution in [3.05, 3.63) is 70.8 Å². The summed E-state index contributed by atoms with van der Waals surface area (Å²) in [5.74, 6) is 0.478. The third-order valence-corrected chi connectivity index (χ3v) is 4.91. The Morgan fingerprint density at radius 2 is 1.70 bits per heavy atom. The number of ether oxygens (including phenoxy) is 1. The average molecular weight is 407 g/mol. The molecule has 2 N–H and O–H groups in total. The number of amides is 1. The molecule has 0 unspecified atom stereocenters. The normalized spacial score (nSPS) is 16.4. The van der Waals surface area contributed by atoms with Crippen molar-refractivity contribution in [2.24, 2.45) is 0 Å². The smallest absolute Gasteiger partial charge is 0.251 e. The van der Waals surface area contributed by atoms with Crippen molar-refractivity contribution in [2.75, 3.05) is 7.11 Å². The molecule has 0 saturated heterocycles. The maximum atomic E-state index is 12.9. The van der Waals surface area contributed by atoms with E-state index in [4.69, 9.17) is 4.74 Å². The zero-order chi connectivity index (χ0) is 22.1. The summed E-state index contributed by atoms with van der Waals surface area (Å²) in [6.07, 6.45) is 2.48. The van der Waals surface area contributed by atoms with Crippen molar-refractivity contribution in [1.82, 2.24) is 10.6 Å². The van der Waals surface area contributed by atoms with Gasteiger partial charge in [-0.1, -0.05) is 18.2 Å². The van der Waals surface area contributed by atoms with Crippen molar-refractivity contribution in [3.63, 3.8) is 0 Å². The van der Waals surface area contributed by atoms with Crippen LogP contribution < -0.4 is 15.4 Å². The number of ketones is 1. The molecule has 0 bridgehead atoms. The number of hydrogen-bond donors (Lipinski definition) is 2. The first-order chi connectivity index (χ1) is 14.0. The van der Waals surface area contributed by atoms with Crippen LogP contribution in [0.2, 0.25) is 0 Å². The number of hydrogen-bond acceptors (Lipinski definition) is 4. The molecule has 30 heavy (non-hydrogen) atoms. The lowest BCUT2D eigenvalue weighted by atomic mass is 9.85. The molecule has 1 aliphatic heterocycles. The van der Waals surface area contributed by atoms with Crippen LogP contribution in [-0.2, 0) is 6.42 Å². The van der Waals surface area contributed by atoms with Crippen LogP contribution in [-0.4, -0.2) is 29.9 Å². The molecule has 0 saturated carbocycles. The molecule has 1 heterocycles. The van der Waals surface area contributed by atoms with Gasteiger partial charge >= 0.3 is 0 Å². The summed E-state index contributed by atoms with van der Waals surface area (Å²) in [5, 5.41) is 6.40. The molecule has 1 amide bonds. The highest BCUT2D eigenvalue weighted by atomic mass is 16.5. The van der Waals surface area contributed by atoms with Gasteiger partial charge in [0.15, 0.2) is 5.78 Å². The maximum absolute atomic E-state index is 12.9. The molecule has 0 aliphatic carbocycles. The number of rotatable bonds is 4. The first kappa shape index (κ1) is 21.6. The topological polar surface area (TPSA) is 67.4 Å². The highest BCUT2D eigenvalue weighted by Gasteiger charge is 2.28. The third kappa shape index (κ3) is 5.09. The molecule has 0 atom stereocenters. The minimum absolute atomic E-state index is 0.119. The zero-order valence-corrected chi connectivity index (χ0v) is 18.6. The molecular weight excluding hydrogens is 376 g/mol. The Hall–Kier alpha value is -3.08. The Balaban J connectivity index is 1.88. The molecule has 0 aromatic heterocycles. The Bertz CT molecular complexity index is 996. The Morgan fingerprint density at radius 1 is 1.07 bits per heavy atom. The standard InChI is InChI=1S/C25H30N2O3/c1-24(2,3)27-23(29)17-9-7-16(8-10-17)22(28)14-21-20-13-19(30-6)12-11-18(20)15-25(4,5)26-21/h7-14,26H,15H2,1-6H3,(H,27,29). The third-order valence-electron chi connectivity index (χ3n) is 4.91.